The fraction of sp³-hybridized carbons (Fsp3) is 0.0667. The molecule has 0 spiro atoms. The molecule has 0 fully saturated rings. The van der Waals surface area contributed by atoms with Crippen molar-refractivity contribution in [2.45, 2.75) is 6.42 Å². The molecule has 0 unspecified atom stereocenters. The van der Waals surface area contributed by atoms with E-state index in [1.807, 2.05) is 12.1 Å². The largest absolute Gasteiger partial charge is 0.301 e. The minimum Gasteiger partial charge on any atom is -0.301 e. The normalized spacial score (nSPS) is 10.9. The van der Waals surface area contributed by atoms with E-state index in [1.165, 1.54) is 0 Å². The molecular formula is C15H13N7. The lowest BCUT2D eigenvalue weighted by Crippen LogP contribution is -2.04. The lowest BCUT2D eigenvalue weighted by atomic mass is 10.2. The molecule has 0 amide bonds. The third kappa shape index (κ3) is 3.26. The fourth-order valence-corrected chi connectivity index (χ4v) is 1.80. The Morgan fingerprint density at radius 3 is 2.82 bits per heavy atom. The molecule has 3 aromatic heterocycles. The molecule has 7 nitrogen and oxygen atoms in total. The van der Waals surface area contributed by atoms with Gasteiger partial charge in [0.2, 0.25) is 0 Å². The Balaban J connectivity index is 1.64. The first kappa shape index (κ1) is 13.7. The van der Waals surface area contributed by atoms with E-state index >= 15 is 0 Å². The van der Waals surface area contributed by atoms with Gasteiger partial charge in [-0.3, -0.25) is 9.98 Å². The summed E-state index contributed by atoms with van der Waals surface area (Å²) < 4.78 is 1.70. The van der Waals surface area contributed by atoms with E-state index < -0.39 is 0 Å². The van der Waals surface area contributed by atoms with E-state index in [0.29, 0.717) is 23.6 Å². The third-order valence-corrected chi connectivity index (χ3v) is 2.85. The number of hydrogen-bond acceptors (Lipinski definition) is 6. The molecule has 0 bridgehead atoms. The maximum atomic E-state index is 7.89. The second-order valence-electron chi connectivity index (χ2n) is 4.42. The molecule has 0 aliphatic rings. The highest BCUT2D eigenvalue weighted by atomic mass is 15.3. The Bertz CT molecular complexity index is 778. The molecule has 108 valence electrons. The summed E-state index contributed by atoms with van der Waals surface area (Å²) in [6.07, 6.45) is 12.2. The average Bonchev–Trinajstić information content (AvgIpc) is 3.05. The molecule has 3 aromatic rings. The Morgan fingerprint density at radius 1 is 1.18 bits per heavy atom. The third-order valence-electron chi connectivity index (χ3n) is 2.85. The second-order valence-corrected chi connectivity index (χ2v) is 4.42. The van der Waals surface area contributed by atoms with Crippen molar-refractivity contribution in [3.63, 3.8) is 0 Å². The minimum atomic E-state index is 0.323. The summed E-state index contributed by atoms with van der Waals surface area (Å²) in [5.41, 5.74) is 1.91. The smallest absolute Gasteiger partial charge is 0.173 e. The van der Waals surface area contributed by atoms with E-state index in [9.17, 15) is 0 Å². The van der Waals surface area contributed by atoms with Gasteiger partial charge in [-0.2, -0.15) is 5.10 Å². The van der Waals surface area contributed by atoms with Gasteiger partial charge in [0.05, 0.1) is 30.0 Å². The Labute approximate surface area is 126 Å². The number of hydrogen-bond donors (Lipinski definition) is 1. The molecule has 3 heterocycles. The number of aliphatic imine (C=N–C) groups is 1. The van der Waals surface area contributed by atoms with Crippen LogP contribution in [0.25, 0.3) is 5.69 Å². The van der Waals surface area contributed by atoms with Crippen LogP contribution >= 0.6 is 0 Å². The minimum absolute atomic E-state index is 0.323. The van der Waals surface area contributed by atoms with Crippen LogP contribution in [0.4, 0.5) is 5.69 Å². The van der Waals surface area contributed by atoms with E-state index in [0.717, 1.165) is 5.69 Å². The van der Waals surface area contributed by atoms with Crippen LogP contribution in [0.15, 0.2) is 60.4 Å². The van der Waals surface area contributed by atoms with Crippen molar-refractivity contribution in [2.24, 2.45) is 4.99 Å². The highest BCUT2D eigenvalue weighted by Gasteiger charge is 2.02. The molecule has 0 aromatic carbocycles. The molecule has 0 aliphatic heterocycles. The van der Waals surface area contributed by atoms with Gasteiger partial charge in [0.25, 0.3) is 0 Å². The van der Waals surface area contributed by atoms with Gasteiger partial charge in [-0.15, -0.1) is 0 Å². The van der Waals surface area contributed by atoms with Gasteiger partial charge in [-0.1, -0.05) is 0 Å². The van der Waals surface area contributed by atoms with Crippen molar-refractivity contribution in [1.29, 1.82) is 5.41 Å². The molecule has 22 heavy (non-hydrogen) atoms. The maximum absolute atomic E-state index is 7.89. The predicted molar refractivity (Wildman–Crippen MR) is 83.0 cm³/mol. The van der Waals surface area contributed by atoms with E-state index in [1.54, 1.807) is 54.1 Å². The lowest BCUT2D eigenvalue weighted by molar-refractivity contribution is 0.874. The molecule has 0 atom stereocenters. The van der Waals surface area contributed by atoms with Crippen molar-refractivity contribution >= 4 is 17.6 Å². The summed E-state index contributed by atoms with van der Waals surface area (Å²) in [5.74, 6) is 0.417. The van der Waals surface area contributed by atoms with E-state index in [2.05, 4.69) is 25.0 Å². The molecule has 1 N–H and O–H groups in total. The standard InChI is InChI=1S/C15H13N7/c16-14(15-19-6-2-7-20-15)4-8-18-12-9-21-22(11-12)13-3-1-5-17-10-13/h1-3,5-11,16H,4H2. The molecule has 7 heteroatoms. The fourth-order valence-electron chi connectivity index (χ4n) is 1.80. The van der Waals surface area contributed by atoms with Gasteiger partial charge in [0.15, 0.2) is 5.82 Å². The van der Waals surface area contributed by atoms with Crippen molar-refractivity contribution < 1.29 is 0 Å². The van der Waals surface area contributed by atoms with Gasteiger partial charge in [-0.25, -0.2) is 14.6 Å². The zero-order valence-corrected chi connectivity index (χ0v) is 11.7. The van der Waals surface area contributed by atoms with E-state index in [-0.39, 0.29) is 0 Å². The molecule has 0 aliphatic carbocycles. The summed E-state index contributed by atoms with van der Waals surface area (Å²) >= 11 is 0. The monoisotopic (exact) mass is 291 g/mol. The molecule has 0 radical (unpaired) electrons. The van der Waals surface area contributed by atoms with E-state index in [4.69, 9.17) is 5.41 Å². The molecule has 0 saturated heterocycles. The second kappa shape index (κ2) is 6.49. The van der Waals surface area contributed by atoms with Crippen LogP contribution in [-0.2, 0) is 0 Å². The van der Waals surface area contributed by atoms with Crippen molar-refractivity contribution in [2.75, 3.05) is 0 Å². The van der Waals surface area contributed by atoms with Crippen LogP contribution < -0.4 is 0 Å². The van der Waals surface area contributed by atoms with Crippen molar-refractivity contribution in [1.82, 2.24) is 24.7 Å². The first-order chi connectivity index (χ1) is 10.8. The van der Waals surface area contributed by atoms with Crippen molar-refractivity contribution in [3.05, 3.63) is 61.2 Å². The summed E-state index contributed by atoms with van der Waals surface area (Å²) in [6, 6.07) is 5.48. The maximum Gasteiger partial charge on any atom is 0.173 e. The highest BCUT2D eigenvalue weighted by Crippen LogP contribution is 2.13. The van der Waals surface area contributed by atoms with Gasteiger partial charge in [0.1, 0.15) is 5.69 Å². The number of pyridine rings is 1. The van der Waals surface area contributed by atoms with Crippen LogP contribution in [0.2, 0.25) is 0 Å². The summed E-state index contributed by atoms with van der Waals surface area (Å²) in [6.45, 7) is 0. The van der Waals surface area contributed by atoms with Crippen molar-refractivity contribution in [3.8, 4) is 5.69 Å². The first-order valence-electron chi connectivity index (χ1n) is 6.65. The van der Waals surface area contributed by atoms with Crippen LogP contribution in [0, 0.1) is 5.41 Å². The van der Waals surface area contributed by atoms with Crippen LogP contribution in [-0.4, -0.2) is 36.7 Å². The van der Waals surface area contributed by atoms with Crippen LogP contribution in [0.5, 0.6) is 0 Å². The molecular weight excluding hydrogens is 278 g/mol. The zero-order valence-electron chi connectivity index (χ0n) is 11.7. The first-order valence-corrected chi connectivity index (χ1v) is 6.65. The van der Waals surface area contributed by atoms with Crippen LogP contribution in [0.1, 0.15) is 12.2 Å². The Hall–Kier alpha value is -3.22. The van der Waals surface area contributed by atoms with Gasteiger partial charge < -0.3 is 5.41 Å². The summed E-state index contributed by atoms with van der Waals surface area (Å²) in [4.78, 5) is 16.4. The topological polar surface area (TPSA) is 92.7 Å². The van der Waals surface area contributed by atoms with Gasteiger partial charge >= 0.3 is 0 Å². The Morgan fingerprint density at radius 2 is 2.05 bits per heavy atom. The summed E-state index contributed by atoms with van der Waals surface area (Å²) in [7, 11) is 0. The van der Waals surface area contributed by atoms with Gasteiger partial charge in [0, 0.05) is 31.2 Å². The highest BCUT2D eigenvalue weighted by molar-refractivity contribution is 6.03. The summed E-state index contributed by atoms with van der Waals surface area (Å²) in [5, 5.41) is 12.1. The lowest BCUT2D eigenvalue weighted by Gasteiger charge is -1.97. The molecule has 0 saturated carbocycles. The quantitative estimate of drug-likeness (QED) is 0.729. The SMILES string of the molecule is N=C(CC=Nc1cnn(-c2cccnc2)c1)c1ncccn1. The number of nitrogens with zero attached hydrogens (tertiary/aromatic N) is 6. The van der Waals surface area contributed by atoms with Gasteiger partial charge in [-0.05, 0) is 18.2 Å². The number of rotatable bonds is 5. The Kier molecular flexibility index (Phi) is 4.05. The number of nitrogens with one attached hydrogen (secondary N) is 1. The number of aromatic nitrogens is 5. The average molecular weight is 291 g/mol. The van der Waals surface area contributed by atoms with Crippen LogP contribution in [0.3, 0.4) is 0 Å². The zero-order chi connectivity index (χ0) is 15.2. The predicted octanol–water partition coefficient (Wildman–Crippen LogP) is 2.22. The molecule has 3 rings (SSSR count).